The SMILES string of the molecule is [3H]OCC1=CN([C@@H]2O[C@H](CCP(=C)(C)C)[C@@H](O)[C@H]2O)C(=C)N=C1N. The van der Waals surface area contributed by atoms with Crippen molar-refractivity contribution >= 4 is 19.0 Å². The first-order chi connectivity index (χ1) is 11.1. The van der Waals surface area contributed by atoms with Crippen molar-refractivity contribution in [2.75, 3.05) is 26.1 Å². The zero-order valence-electron chi connectivity index (χ0n) is 14.6. The van der Waals surface area contributed by atoms with E-state index in [0.29, 0.717) is 17.8 Å². The molecule has 23 heavy (non-hydrogen) atoms. The van der Waals surface area contributed by atoms with E-state index >= 15 is 0 Å². The summed E-state index contributed by atoms with van der Waals surface area (Å²) in [6, 6.07) is 0. The molecule has 0 spiro atoms. The molecule has 8 heteroatoms. The Hall–Kier alpha value is -1.11. The maximum absolute atomic E-state index is 10.4. The Balaban J connectivity index is 2.14. The van der Waals surface area contributed by atoms with E-state index in [1.165, 1.54) is 4.90 Å². The molecule has 0 unspecified atom stereocenters. The van der Waals surface area contributed by atoms with Crippen molar-refractivity contribution in [3.63, 3.8) is 0 Å². The second kappa shape index (κ2) is 6.79. The van der Waals surface area contributed by atoms with Gasteiger partial charge >= 0.3 is 0 Å². The summed E-state index contributed by atoms with van der Waals surface area (Å²) in [5, 5.41) is 25.0. The average Bonchev–Trinajstić information content (AvgIpc) is 2.75. The van der Waals surface area contributed by atoms with Crippen molar-refractivity contribution < 1.29 is 20.1 Å². The quantitative estimate of drug-likeness (QED) is 0.485. The summed E-state index contributed by atoms with van der Waals surface area (Å²) >= 11 is 0. The molecule has 1 fully saturated rings. The smallest absolute Gasteiger partial charge is 0.211 e. The number of aliphatic hydroxyl groups is 3. The van der Waals surface area contributed by atoms with Gasteiger partial charge in [-0.15, -0.1) is 13.2 Å². The summed E-state index contributed by atoms with van der Waals surface area (Å²) in [4.78, 5) is 5.61. The fourth-order valence-corrected chi connectivity index (χ4v) is 3.54. The summed E-state index contributed by atoms with van der Waals surface area (Å²) in [6.07, 6.45) is 3.80. The van der Waals surface area contributed by atoms with Crippen LogP contribution in [0, 0.1) is 0 Å². The molecule has 0 saturated carbocycles. The number of ether oxygens (including phenoxy) is 1. The van der Waals surface area contributed by atoms with E-state index in [1.807, 2.05) is 0 Å². The molecule has 2 aliphatic rings. The summed E-state index contributed by atoms with van der Waals surface area (Å²) < 4.78 is 12.7. The second-order valence-electron chi connectivity index (χ2n) is 6.61. The minimum atomic E-state index is -1.25. The minimum Gasteiger partial charge on any atom is -0.391 e. The second-order valence-corrected chi connectivity index (χ2v) is 10.9. The van der Waals surface area contributed by atoms with Crippen LogP contribution in [0.15, 0.2) is 29.2 Å². The normalized spacial score (nSPS) is 32.6. The molecule has 2 heterocycles. The van der Waals surface area contributed by atoms with Crippen LogP contribution >= 0.6 is 6.89 Å². The van der Waals surface area contributed by atoms with E-state index in [9.17, 15) is 10.2 Å². The van der Waals surface area contributed by atoms with Crippen molar-refractivity contribution in [3.8, 4) is 0 Å². The van der Waals surface area contributed by atoms with Gasteiger partial charge in [-0.2, -0.15) is 0 Å². The molecule has 7 nitrogen and oxygen atoms in total. The number of hydrogen-bond donors (Lipinski definition) is 4. The summed E-state index contributed by atoms with van der Waals surface area (Å²) in [6.45, 7) is 6.74. The first-order valence-electron chi connectivity index (χ1n) is 7.84. The van der Waals surface area contributed by atoms with Crippen LogP contribution in [0.3, 0.4) is 0 Å². The fourth-order valence-electron chi connectivity index (χ4n) is 2.58. The van der Waals surface area contributed by atoms with Crippen LogP contribution in [0.25, 0.3) is 0 Å². The lowest BCUT2D eigenvalue weighted by Crippen LogP contribution is -2.43. The van der Waals surface area contributed by atoms with Crippen LogP contribution in [0.2, 0.25) is 0 Å². The number of hydrogen-bond acceptors (Lipinski definition) is 7. The van der Waals surface area contributed by atoms with Gasteiger partial charge in [-0.1, -0.05) is 6.58 Å². The highest BCUT2D eigenvalue weighted by atomic mass is 31.2. The van der Waals surface area contributed by atoms with E-state index in [2.05, 4.69) is 36.3 Å². The molecule has 130 valence electrons. The Morgan fingerprint density at radius 1 is 1.48 bits per heavy atom. The number of nitrogens with zero attached hydrogens (tertiary/aromatic N) is 2. The summed E-state index contributed by atoms with van der Waals surface area (Å²) in [5.74, 6) is 0.500. The van der Waals surface area contributed by atoms with Crippen molar-refractivity contribution in [1.29, 1.82) is 1.43 Å². The number of amidine groups is 1. The lowest BCUT2D eigenvalue weighted by atomic mass is 10.1. The molecule has 0 amide bonds. The third-order valence-electron chi connectivity index (χ3n) is 3.96. The zero-order valence-corrected chi connectivity index (χ0v) is 14.4. The van der Waals surface area contributed by atoms with Crippen LogP contribution in [-0.2, 0) is 4.74 Å². The Labute approximate surface area is 138 Å². The van der Waals surface area contributed by atoms with Gasteiger partial charge in [-0.25, -0.2) is 4.99 Å². The maximum Gasteiger partial charge on any atom is 0.211 e. The standard InChI is InChI=1S/C15H26N3O4P/c1-9-17-14(16)10(8-19)7-18(9)15-13(21)12(20)11(22-15)5-6-23(2,3)4/h7,11-13,15,19-21H,1-2,5-6,8H2,3-4H3,(H2,16,17)/t11-,12-,13-,15-/m1/s1/i19T. The molecule has 2 aliphatic heterocycles. The molecule has 4 atom stereocenters. The van der Waals surface area contributed by atoms with Crippen molar-refractivity contribution in [2.45, 2.75) is 31.0 Å². The Bertz CT molecular complexity index is 604. The van der Waals surface area contributed by atoms with Gasteiger partial charge in [0.05, 0.1) is 12.7 Å². The third kappa shape index (κ3) is 4.05. The number of nitrogens with two attached hydrogens (primary N) is 1. The highest BCUT2D eigenvalue weighted by Gasteiger charge is 2.45. The van der Waals surface area contributed by atoms with Crippen LogP contribution < -0.4 is 5.73 Å². The van der Waals surface area contributed by atoms with Crippen LogP contribution in [0.4, 0.5) is 0 Å². The number of aliphatic hydroxyl groups excluding tert-OH is 3. The molecular weight excluding hydrogens is 317 g/mol. The van der Waals surface area contributed by atoms with Crippen molar-refractivity contribution in [3.05, 3.63) is 24.2 Å². The van der Waals surface area contributed by atoms with Crippen LogP contribution in [-0.4, -0.2) is 84.4 Å². The van der Waals surface area contributed by atoms with Crippen LogP contribution in [0.1, 0.15) is 6.42 Å². The van der Waals surface area contributed by atoms with Gasteiger partial charge in [0.25, 0.3) is 0 Å². The molecule has 0 aromatic rings. The Morgan fingerprint density at radius 3 is 2.78 bits per heavy atom. The zero-order chi connectivity index (χ0) is 18.1. The third-order valence-corrected chi connectivity index (χ3v) is 5.43. The topological polar surface area (TPSA) is 112 Å². The highest BCUT2D eigenvalue weighted by molar-refractivity contribution is 7.72. The fraction of sp³-hybridized carbons (Fsp3) is 0.600. The first-order valence-corrected chi connectivity index (χ1v) is 10.5. The molecule has 0 aromatic carbocycles. The predicted molar refractivity (Wildman–Crippen MR) is 93.8 cm³/mol. The van der Waals surface area contributed by atoms with Gasteiger partial charge in [0.15, 0.2) is 6.23 Å². The van der Waals surface area contributed by atoms with Crippen molar-refractivity contribution in [1.82, 2.24) is 4.90 Å². The molecule has 1 saturated heterocycles. The van der Waals surface area contributed by atoms with Gasteiger partial charge in [0.1, 0.15) is 23.9 Å². The lowest BCUT2D eigenvalue weighted by molar-refractivity contribution is -0.0582. The van der Waals surface area contributed by atoms with E-state index < -0.39 is 31.4 Å². The molecule has 0 aromatic heterocycles. The molecule has 0 radical (unpaired) electrons. The monoisotopic (exact) mass is 345 g/mol. The van der Waals surface area contributed by atoms with Gasteiger partial charge in [0.2, 0.25) is 1.43 Å². The predicted octanol–water partition coefficient (Wildman–Crippen LogP) is -0.447. The van der Waals surface area contributed by atoms with Gasteiger partial charge in [-0.05, 0) is 25.9 Å². The van der Waals surface area contributed by atoms with E-state index in [4.69, 9.17) is 11.9 Å². The summed E-state index contributed by atoms with van der Waals surface area (Å²) in [5.41, 5.74) is 6.26. The van der Waals surface area contributed by atoms with Crippen LogP contribution in [0.5, 0.6) is 0 Å². The van der Waals surface area contributed by atoms with E-state index in [0.717, 1.165) is 6.16 Å². The highest BCUT2D eigenvalue weighted by Crippen LogP contribution is 2.38. The molecule has 0 bridgehead atoms. The minimum absolute atomic E-state index is 0.0475. The summed E-state index contributed by atoms with van der Waals surface area (Å²) in [7, 11) is 0. The number of rotatable bonds is 6. The molecule has 0 aliphatic carbocycles. The molecular formula is C15H26N3O4P. The maximum atomic E-state index is 10.4. The van der Waals surface area contributed by atoms with Gasteiger partial charge < -0.3 is 30.7 Å². The van der Waals surface area contributed by atoms with Crippen molar-refractivity contribution in [2.24, 2.45) is 10.7 Å². The van der Waals surface area contributed by atoms with E-state index in [-0.39, 0.29) is 12.4 Å². The van der Waals surface area contributed by atoms with Gasteiger partial charge in [-0.3, -0.25) is 0 Å². The molecule has 5 N–H and O–H groups in total. The van der Waals surface area contributed by atoms with Gasteiger partial charge in [0, 0.05) is 11.8 Å². The average molecular weight is 345 g/mol. The van der Waals surface area contributed by atoms with E-state index in [1.54, 1.807) is 6.20 Å². The first kappa shape index (κ1) is 16.7. The largest absolute Gasteiger partial charge is 0.391 e. The number of aliphatic imine (C=N–C) groups is 1. The Kier molecular flexibility index (Phi) is 4.94. The Morgan fingerprint density at radius 2 is 2.17 bits per heavy atom. The molecule has 2 rings (SSSR count). The lowest BCUT2D eigenvalue weighted by Gasteiger charge is -2.32.